The molecule has 130 valence electrons. The molecule has 4 nitrogen and oxygen atoms in total. The fraction of sp³-hybridized carbons (Fsp3) is 0.0909. The van der Waals surface area contributed by atoms with Gasteiger partial charge >= 0.3 is 0 Å². The minimum atomic E-state index is -0.261. The first-order chi connectivity index (χ1) is 12.7. The third-order valence-electron chi connectivity index (χ3n) is 3.82. The third-order valence-corrected chi connectivity index (χ3v) is 3.82. The van der Waals surface area contributed by atoms with Crippen molar-refractivity contribution in [2.24, 2.45) is 5.10 Å². The van der Waals surface area contributed by atoms with E-state index in [1.54, 1.807) is 30.5 Å². The Balaban J connectivity index is 1.52. The summed E-state index contributed by atoms with van der Waals surface area (Å²) < 4.78 is 5.71. The van der Waals surface area contributed by atoms with Crippen molar-refractivity contribution in [3.8, 4) is 5.75 Å². The van der Waals surface area contributed by atoms with Gasteiger partial charge in [0.2, 0.25) is 0 Å². The molecule has 3 aromatic carbocycles. The molecule has 0 spiro atoms. The van der Waals surface area contributed by atoms with Gasteiger partial charge in [0.15, 0.2) is 0 Å². The standard InChI is InChI=1S/C22H20N2O2/c1-17-7-9-18(10-8-17)15-23-24-22(25)20-11-13-21(14-12-20)26-16-19-5-3-2-4-6-19/h2-15H,16H2,1H3,(H,24,25). The molecule has 26 heavy (non-hydrogen) atoms. The highest BCUT2D eigenvalue weighted by Gasteiger charge is 2.04. The van der Waals surface area contributed by atoms with Crippen molar-refractivity contribution in [3.05, 3.63) is 101 Å². The number of hydrogen-bond donors (Lipinski definition) is 1. The maximum Gasteiger partial charge on any atom is 0.271 e. The minimum absolute atomic E-state index is 0.261. The third kappa shape index (κ3) is 5.05. The summed E-state index contributed by atoms with van der Waals surface area (Å²) in [5.74, 6) is 0.455. The zero-order chi connectivity index (χ0) is 18.2. The van der Waals surface area contributed by atoms with Gasteiger partial charge in [-0.1, -0.05) is 60.2 Å². The summed E-state index contributed by atoms with van der Waals surface area (Å²) in [6, 6.07) is 24.8. The molecule has 3 rings (SSSR count). The quantitative estimate of drug-likeness (QED) is 0.534. The van der Waals surface area contributed by atoms with Crippen LogP contribution in [0.4, 0.5) is 0 Å². The first-order valence-corrected chi connectivity index (χ1v) is 8.37. The Morgan fingerprint density at radius 2 is 1.65 bits per heavy atom. The van der Waals surface area contributed by atoms with Gasteiger partial charge in [-0.3, -0.25) is 4.79 Å². The summed E-state index contributed by atoms with van der Waals surface area (Å²) in [6.45, 7) is 2.52. The van der Waals surface area contributed by atoms with E-state index in [1.165, 1.54) is 5.56 Å². The number of nitrogens with zero attached hydrogens (tertiary/aromatic N) is 1. The fourth-order valence-electron chi connectivity index (χ4n) is 2.33. The summed E-state index contributed by atoms with van der Waals surface area (Å²) >= 11 is 0. The predicted octanol–water partition coefficient (Wildman–Crippen LogP) is 4.34. The summed E-state index contributed by atoms with van der Waals surface area (Å²) in [5.41, 5.74) is 6.26. The van der Waals surface area contributed by atoms with Crippen LogP contribution in [0, 0.1) is 6.92 Å². The van der Waals surface area contributed by atoms with Crippen LogP contribution in [0.2, 0.25) is 0 Å². The summed E-state index contributed by atoms with van der Waals surface area (Å²) in [6.07, 6.45) is 1.62. The summed E-state index contributed by atoms with van der Waals surface area (Å²) in [4.78, 5) is 12.1. The van der Waals surface area contributed by atoms with E-state index >= 15 is 0 Å². The van der Waals surface area contributed by atoms with E-state index in [0.717, 1.165) is 11.1 Å². The molecule has 0 unspecified atom stereocenters. The first-order valence-electron chi connectivity index (χ1n) is 8.37. The lowest BCUT2D eigenvalue weighted by Crippen LogP contribution is -2.17. The molecule has 1 N–H and O–H groups in total. The van der Waals surface area contributed by atoms with Gasteiger partial charge in [-0.25, -0.2) is 5.43 Å². The van der Waals surface area contributed by atoms with Crippen LogP contribution in [0.5, 0.6) is 5.75 Å². The zero-order valence-corrected chi connectivity index (χ0v) is 14.6. The van der Waals surface area contributed by atoms with Crippen LogP contribution < -0.4 is 10.2 Å². The van der Waals surface area contributed by atoms with Gasteiger partial charge in [0, 0.05) is 5.56 Å². The monoisotopic (exact) mass is 344 g/mol. The van der Waals surface area contributed by atoms with Crippen LogP contribution in [0.3, 0.4) is 0 Å². The molecule has 0 radical (unpaired) electrons. The Bertz CT molecular complexity index is 870. The van der Waals surface area contributed by atoms with Gasteiger partial charge in [0.1, 0.15) is 12.4 Å². The highest BCUT2D eigenvalue weighted by Crippen LogP contribution is 2.14. The van der Waals surface area contributed by atoms with E-state index in [2.05, 4.69) is 10.5 Å². The normalized spacial score (nSPS) is 10.7. The lowest BCUT2D eigenvalue weighted by molar-refractivity contribution is 0.0955. The molecule has 0 aliphatic heterocycles. The molecule has 0 saturated heterocycles. The molecule has 4 heteroatoms. The number of aryl methyl sites for hydroxylation is 1. The van der Waals surface area contributed by atoms with Crippen molar-refractivity contribution in [3.63, 3.8) is 0 Å². The lowest BCUT2D eigenvalue weighted by atomic mass is 10.2. The van der Waals surface area contributed by atoms with Crippen molar-refractivity contribution >= 4 is 12.1 Å². The number of amides is 1. The number of hydrazone groups is 1. The van der Waals surface area contributed by atoms with Crippen molar-refractivity contribution in [2.75, 3.05) is 0 Å². The Hall–Kier alpha value is -3.40. The van der Waals surface area contributed by atoms with Crippen molar-refractivity contribution < 1.29 is 9.53 Å². The highest BCUT2D eigenvalue weighted by atomic mass is 16.5. The van der Waals surface area contributed by atoms with Crippen LogP contribution in [0.25, 0.3) is 0 Å². The number of carbonyl (C=O) groups excluding carboxylic acids is 1. The second-order valence-electron chi connectivity index (χ2n) is 5.91. The lowest BCUT2D eigenvalue weighted by Gasteiger charge is -2.07. The number of hydrogen-bond acceptors (Lipinski definition) is 3. The SMILES string of the molecule is Cc1ccc(C=NNC(=O)c2ccc(OCc3ccccc3)cc2)cc1. The average molecular weight is 344 g/mol. The Kier molecular flexibility index (Phi) is 5.78. The smallest absolute Gasteiger partial charge is 0.271 e. The number of carbonyl (C=O) groups is 1. The van der Waals surface area contributed by atoms with E-state index < -0.39 is 0 Å². The van der Waals surface area contributed by atoms with Gasteiger partial charge < -0.3 is 4.74 Å². The van der Waals surface area contributed by atoms with Crippen LogP contribution >= 0.6 is 0 Å². The average Bonchev–Trinajstić information content (AvgIpc) is 2.69. The molecule has 0 bridgehead atoms. The Morgan fingerprint density at radius 1 is 0.962 bits per heavy atom. The van der Waals surface area contributed by atoms with Crippen molar-refractivity contribution in [1.82, 2.24) is 5.43 Å². The van der Waals surface area contributed by atoms with Crippen molar-refractivity contribution in [2.45, 2.75) is 13.5 Å². The summed E-state index contributed by atoms with van der Waals surface area (Å²) in [5, 5.41) is 3.99. The second-order valence-corrected chi connectivity index (χ2v) is 5.91. The molecule has 0 atom stereocenters. The van der Waals surface area contributed by atoms with Crippen LogP contribution in [-0.2, 0) is 6.61 Å². The van der Waals surface area contributed by atoms with Gasteiger partial charge in [-0.15, -0.1) is 0 Å². The molecule has 0 aliphatic rings. The maximum absolute atomic E-state index is 12.1. The number of rotatable bonds is 6. The molecule has 0 saturated carbocycles. The van der Waals surface area contributed by atoms with E-state index in [1.807, 2.05) is 61.5 Å². The first kappa shape index (κ1) is 17.4. The maximum atomic E-state index is 12.1. The zero-order valence-electron chi connectivity index (χ0n) is 14.6. The molecule has 1 amide bonds. The van der Waals surface area contributed by atoms with Crippen LogP contribution in [-0.4, -0.2) is 12.1 Å². The van der Waals surface area contributed by atoms with Gasteiger partial charge in [0.25, 0.3) is 5.91 Å². The molecule has 0 aromatic heterocycles. The van der Waals surface area contributed by atoms with Crippen molar-refractivity contribution in [1.29, 1.82) is 0 Å². The van der Waals surface area contributed by atoms with Gasteiger partial charge in [-0.05, 0) is 42.3 Å². The molecule has 3 aromatic rings. The molecule has 0 fully saturated rings. The van der Waals surface area contributed by atoms with E-state index in [-0.39, 0.29) is 5.91 Å². The van der Waals surface area contributed by atoms with E-state index in [0.29, 0.717) is 17.9 Å². The van der Waals surface area contributed by atoms with E-state index in [9.17, 15) is 4.79 Å². The Morgan fingerprint density at radius 3 is 2.35 bits per heavy atom. The topological polar surface area (TPSA) is 50.7 Å². The van der Waals surface area contributed by atoms with E-state index in [4.69, 9.17) is 4.74 Å². The molecular formula is C22H20N2O2. The number of nitrogens with one attached hydrogen (secondary N) is 1. The Labute approximate surface area is 153 Å². The molecule has 0 heterocycles. The highest BCUT2D eigenvalue weighted by molar-refractivity contribution is 5.95. The summed E-state index contributed by atoms with van der Waals surface area (Å²) in [7, 11) is 0. The van der Waals surface area contributed by atoms with Crippen LogP contribution in [0.1, 0.15) is 27.0 Å². The number of ether oxygens (including phenoxy) is 1. The van der Waals surface area contributed by atoms with Gasteiger partial charge in [-0.2, -0.15) is 5.10 Å². The molecular weight excluding hydrogens is 324 g/mol. The van der Waals surface area contributed by atoms with Crippen LogP contribution in [0.15, 0.2) is 84.0 Å². The largest absolute Gasteiger partial charge is 0.489 e. The number of benzene rings is 3. The second kappa shape index (κ2) is 8.62. The van der Waals surface area contributed by atoms with Gasteiger partial charge in [0.05, 0.1) is 6.21 Å². The fourth-order valence-corrected chi connectivity index (χ4v) is 2.33. The minimum Gasteiger partial charge on any atom is -0.489 e. The molecule has 0 aliphatic carbocycles. The predicted molar refractivity (Wildman–Crippen MR) is 103 cm³/mol.